The maximum atomic E-state index is 12.4. The van der Waals surface area contributed by atoms with Gasteiger partial charge in [-0.05, 0) is 56.2 Å². The molecule has 0 aliphatic rings. The van der Waals surface area contributed by atoms with Gasteiger partial charge in [0.1, 0.15) is 0 Å². The van der Waals surface area contributed by atoms with E-state index in [-0.39, 0.29) is 29.3 Å². The summed E-state index contributed by atoms with van der Waals surface area (Å²) in [4.78, 5) is 26.2. The van der Waals surface area contributed by atoms with Gasteiger partial charge in [0.2, 0.25) is 17.7 Å². The second kappa shape index (κ2) is 9.98. The first-order chi connectivity index (χ1) is 14.7. The molecule has 1 aromatic heterocycles. The summed E-state index contributed by atoms with van der Waals surface area (Å²) in [5.41, 5.74) is 4.64. The molecule has 0 fully saturated rings. The van der Waals surface area contributed by atoms with Crippen LogP contribution >= 0.6 is 23.4 Å². The minimum absolute atomic E-state index is 0.0496. The molecular formula is C22H23ClN4O3S. The number of thioether (sulfide) groups is 1. The molecule has 3 aromatic rings. The van der Waals surface area contributed by atoms with Gasteiger partial charge in [-0.1, -0.05) is 41.1 Å². The van der Waals surface area contributed by atoms with Crippen LogP contribution in [0.25, 0.3) is 11.5 Å². The zero-order valence-corrected chi connectivity index (χ0v) is 19.3. The summed E-state index contributed by atoms with van der Waals surface area (Å²) < 4.78 is 5.58. The van der Waals surface area contributed by atoms with Gasteiger partial charge in [0.05, 0.1) is 12.3 Å². The van der Waals surface area contributed by atoms with Crippen molar-refractivity contribution in [2.45, 2.75) is 26.0 Å². The van der Waals surface area contributed by atoms with Crippen LogP contribution in [0.1, 0.15) is 16.7 Å². The Morgan fingerprint density at radius 3 is 2.39 bits per heavy atom. The molecule has 9 heteroatoms. The van der Waals surface area contributed by atoms with Crippen molar-refractivity contribution in [2.75, 3.05) is 24.7 Å². The number of amides is 2. The van der Waals surface area contributed by atoms with Crippen molar-refractivity contribution in [1.82, 2.24) is 15.1 Å². The zero-order chi connectivity index (χ0) is 22.5. The maximum absolute atomic E-state index is 12.4. The number of carbonyl (C=O) groups excluding carboxylic acids is 2. The summed E-state index contributed by atoms with van der Waals surface area (Å²) in [6, 6.07) is 11.0. The molecule has 162 valence electrons. The van der Waals surface area contributed by atoms with Crippen molar-refractivity contribution < 1.29 is 14.0 Å². The van der Waals surface area contributed by atoms with Crippen LogP contribution in [0, 0.1) is 20.8 Å². The minimum Gasteiger partial charge on any atom is -0.411 e. The van der Waals surface area contributed by atoms with E-state index in [1.165, 1.54) is 4.90 Å². The minimum atomic E-state index is -0.251. The van der Waals surface area contributed by atoms with E-state index in [4.69, 9.17) is 16.0 Å². The number of benzene rings is 2. The van der Waals surface area contributed by atoms with Crippen LogP contribution < -0.4 is 5.32 Å². The number of aromatic nitrogens is 2. The van der Waals surface area contributed by atoms with E-state index < -0.39 is 0 Å². The van der Waals surface area contributed by atoms with Crippen LogP contribution in [0.5, 0.6) is 0 Å². The van der Waals surface area contributed by atoms with Gasteiger partial charge in [0.25, 0.3) is 5.22 Å². The molecule has 1 N–H and O–H groups in total. The molecule has 0 aliphatic heterocycles. The van der Waals surface area contributed by atoms with Gasteiger partial charge < -0.3 is 14.6 Å². The third-order valence-electron chi connectivity index (χ3n) is 4.56. The largest absolute Gasteiger partial charge is 0.411 e. The first kappa shape index (κ1) is 22.8. The number of anilines is 1. The average molecular weight is 459 g/mol. The molecule has 0 radical (unpaired) electrons. The number of rotatable bonds is 7. The molecule has 7 nitrogen and oxygen atoms in total. The standard InChI is InChI=1S/C22H23ClN4O3S/c1-13-9-14(2)20(15(3)10-13)24-18(28)11-27(4)19(29)12-31-22-26-25-21(30-22)16-5-7-17(23)8-6-16/h5-10H,11-12H2,1-4H3,(H,24,28). The van der Waals surface area contributed by atoms with E-state index in [1.807, 2.05) is 32.9 Å². The molecule has 0 bridgehead atoms. The fourth-order valence-electron chi connectivity index (χ4n) is 3.07. The molecule has 2 aromatic carbocycles. The number of carbonyl (C=O) groups is 2. The Morgan fingerprint density at radius 2 is 1.74 bits per heavy atom. The predicted molar refractivity (Wildman–Crippen MR) is 122 cm³/mol. The fourth-order valence-corrected chi connectivity index (χ4v) is 3.90. The molecule has 0 spiro atoms. The maximum Gasteiger partial charge on any atom is 0.277 e. The van der Waals surface area contributed by atoms with Crippen LogP contribution in [-0.2, 0) is 9.59 Å². The predicted octanol–water partition coefficient (Wildman–Crippen LogP) is 4.50. The highest BCUT2D eigenvalue weighted by Gasteiger charge is 2.17. The smallest absolute Gasteiger partial charge is 0.277 e. The van der Waals surface area contributed by atoms with E-state index >= 15 is 0 Å². The van der Waals surface area contributed by atoms with Gasteiger partial charge in [-0.15, -0.1) is 10.2 Å². The molecule has 3 rings (SSSR count). The van der Waals surface area contributed by atoms with E-state index in [0.717, 1.165) is 39.7 Å². The average Bonchev–Trinajstić information content (AvgIpc) is 3.18. The van der Waals surface area contributed by atoms with Gasteiger partial charge in [0, 0.05) is 23.3 Å². The van der Waals surface area contributed by atoms with Crippen molar-refractivity contribution >= 4 is 40.9 Å². The van der Waals surface area contributed by atoms with Gasteiger partial charge in [-0.25, -0.2) is 0 Å². The highest BCUT2D eigenvalue weighted by atomic mass is 35.5. The zero-order valence-electron chi connectivity index (χ0n) is 17.7. The lowest BCUT2D eigenvalue weighted by Gasteiger charge is -2.18. The Bertz CT molecular complexity index is 1080. The Labute approximate surface area is 190 Å². The lowest BCUT2D eigenvalue weighted by molar-refractivity contribution is -0.131. The Balaban J connectivity index is 1.52. The molecule has 2 amide bonds. The van der Waals surface area contributed by atoms with Crippen molar-refractivity contribution in [3.8, 4) is 11.5 Å². The molecule has 0 saturated heterocycles. The van der Waals surface area contributed by atoms with Crippen molar-refractivity contribution in [3.63, 3.8) is 0 Å². The summed E-state index contributed by atoms with van der Waals surface area (Å²) in [5, 5.41) is 11.7. The molecule has 0 saturated carbocycles. The van der Waals surface area contributed by atoms with Crippen LogP contribution in [0.2, 0.25) is 5.02 Å². The molecule has 1 heterocycles. The quantitative estimate of drug-likeness (QED) is 0.524. The number of nitrogens with one attached hydrogen (secondary N) is 1. The summed E-state index contributed by atoms with van der Waals surface area (Å²) in [6.07, 6.45) is 0. The topological polar surface area (TPSA) is 88.3 Å². The molecule has 31 heavy (non-hydrogen) atoms. The van der Waals surface area contributed by atoms with Gasteiger partial charge in [0.15, 0.2) is 0 Å². The Morgan fingerprint density at radius 1 is 1.10 bits per heavy atom. The first-order valence-electron chi connectivity index (χ1n) is 9.57. The summed E-state index contributed by atoms with van der Waals surface area (Å²) >= 11 is 7.00. The molecular weight excluding hydrogens is 436 g/mol. The van der Waals surface area contributed by atoms with Crippen molar-refractivity contribution in [2.24, 2.45) is 0 Å². The Kier molecular flexibility index (Phi) is 7.35. The van der Waals surface area contributed by atoms with Crippen LogP contribution in [0.4, 0.5) is 5.69 Å². The number of hydrogen-bond acceptors (Lipinski definition) is 6. The van der Waals surface area contributed by atoms with Crippen LogP contribution in [0.15, 0.2) is 46.0 Å². The summed E-state index contributed by atoms with van der Waals surface area (Å²) in [7, 11) is 1.59. The second-order valence-electron chi connectivity index (χ2n) is 7.24. The number of hydrogen-bond donors (Lipinski definition) is 1. The third-order valence-corrected chi connectivity index (χ3v) is 5.62. The first-order valence-corrected chi connectivity index (χ1v) is 10.9. The number of aryl methyl sites for hydroxylation is 3. The SMILES string of the molecule is Cc1cc(C)c(NC(=O)CN(C)C(=O)CSc2nnc(-c3ccc(Cl)cc3)o2)c(C)c1. The van der Waals surface area contributed by atoms with Crippen LogP contribution in [0.3, 0.4) is 0 Å². The number of nitrogens with zero attached hydrogens (tertiary/aromatic N) is 3. The highest BCUT2D eigenvalue weighted by molar-refractivity contribution is 7.99. The normalized spacial score (nSPS) is 10.7. The molecule has 0 unspecified atom stereocenters. The monoisotopic (exact) mass is 458 g/mol. The van der Waals surface area contributed by atoms with Gasteiger partial charge >= 0.3 is 0 Å². The second-order valence-corrected chi connectivity index (χ2v) is 8.60. The van der Waals surface area contributed by atoms with Crippen molar-refractivity contribution in [3.05, 3.63) is 58.1 Å². The molecule has 0 atom stereocenters. The summed E-state index contributed by atoms with van der Waals surface area (Å²) in [6.45, 7) is 5.86. The summed E-state index contributed by atoms with van der Waals surface area (Å²) in [5.74, 6) is -0.0418. The fraction of sp³-hybridized carbons (Fsp3) is 0.273. The van der Waals surface area contributed by atoms with E-state index in [2.05, 4.69) is 15.5 Å². The van der Waals surface area contributed by atoms with Gasteiger partial charge in [-0.3, -0.25) is 9.59 Å². The van der Waals surface area contributed by atoms with Gasteiger partial charge in [-0.2, -0.15) is 0 Å². The van der Waals surface area contributed by atoms with E-state index in [1.54, 1.807) is 31.3 Å². The van der Waals surface area contributed by atoms with Crippen molar-refractivity contribution in [1.29, 1.82) is 0 Å². The van der Waals surface area contributed by atoms with Crippen LogP contribution in [-0.4, -0.2) is 46.3 Å². The number of likely N-dealkylation sites (N-methyl/N-ethyl adjacent to an activating group) is 1. The molecule has 0 aliphatic carbocycles. The third kappa shape index (κ3) is 6.08. The Hall–Kier alpha value is -2.84. The number of halogens is 1. The highest BCUT2D eigenvalue weighted by Crippen LogP contribution is 2.25. The lowest BCUT2D eigenvalue weighted by atomic mass is 10.1. The lowest BCUT2D eigenvalue weighted by Crippen LogP contribution is -2.36. The van der Waals surface area contributed by atoms with E-state index in [9.17, 15) is 9.59 Å². The van der Waals surface area contributed by atoms with E-state index in [0.29, 0.717) is 10.9 Å².